The van der Waals surface area contributed by atoms with Crippen molar-refractivity contribution in [1.29, 1.82) is 0 Å². The molecule has 0 radical (unpaired) electrons. The molecule has 0 saturated carbocycles. The van der Waals surface area contributed by atoms with Crippen LogP contribution in [0.15, 0.2) is 28.1 Å². The third-order valence-electron chi connectivity index (χ3n) is 2.44. The van der Waals surface area contributed by atoms with E-state index in [2.05, 4.69) is 15.9 Å². The number of thiophene rings is 1. The highest BCUT2D eigenvalue weighted by Crippen LogP contribution is 2.28. The Morgan fingerprint density at radius 1 is 1.44 bits per heavy atom. The zero-order valence-corrected chi connectivity index (χ0v) is 12.6. The van der Waals surface area contributed by atoms with Crippen molar-refractivity contribution in [2.24, 2.45) is 0 Å². The van der Waals surface area contributed by atoms with Gasteiger partial charge in [-0.05, 0) is 41.6 Å². The topological polar surface area (TPSA) is 17.1 Å². The van der Waals surface area contributed by atoms with Crippen LogP contribution >= 0.6 is 38.9 Å². The Hall–Kier alpha value is -0.710. The van der Waals surface area contributed by atoms with Crippen LogP contribution < -0.4 is 0 Å². The number of carbonyl (C=O) groups is 1. The Balaban J connectivity index is 2.24. The first-order valence-electron chi connectivity index (χ1n) is 5.19. The van der Waals surface area contributed by atoms with Gasteiger partial charge in [-0.15, -0.1) is 11.3 Å². The van der Waals surface area contributed by atoms with Gasteiger partial charge in [0, 0.05) is 10.9 Å². The van der Waals surface area contributed by atoms with E-state index < -0.39 is 0 Å². The predicted octanol–water partition coefficient (Wildman–Crippen LogP) is 5.04. The zero-order chi connectivity index (χ0) is 13.3. The number of halogens is 3. The SMILES string of the molecule is Cc1csc(C(=O)Cc2cc(F)cc(Br)c2)c1Cl. The third-order valence-corrected chi connectivity index (χ3v) is 4.64. The van der Waals surface area contributed by atoms with Crippen LogP contribution in [0.5, 0.6) is 0 Å². The Labute approximate surface area is 122 Å². The number of hydrogen-bond acceptors (Lipinski definition) is 2. The second kappa shape index (κ2) is 5.51. The maximum Gasteiger partial charge on any atom is 0.178 e. The fourth-order valence-electron chi connectivity index (χ4n) is 1.60. The average Bonchev–Trinajstić information content (AvgIpc) is 2.58. The molecule has 5 heteroatoms. The Morgan fingerprint density at radius 2 is 2.17 bits per heavy atom. The van der Waals surface area contributed by atoms with Crippen LogP contribution in [-0.4, -0.2) is 5.78 Å². The standard InChI is InChI=1S/C13H9BrClFOS/c1-7-6-18-13(12(7)15)11(17)4-8-2-9(14)5-10(16)3-8/h2-3,5-6H,4H2,1H3. The minimum Gasteiger partial charge on any atom is -0.293 e. The molecule has 1 aromatic carbocycles. The zero-order valence-electron chi connectivity index (χ0n) is 9.47. The van der Waals surface area contributed by atoms with E-state index in [-0.39, 0.29) is 18.0 Å². The van der Waals surface area contributed by atoms with Gasteiger partial charge in [0.2, 0.25) is 0 Å². The molecule has 0 spiro atoms. The first-order chi connectivity index (χ1) is 8.47. The van der Waals surface area contributed by atoms with E-state index in [1.165, 1.54) is 23.5 Å². The molecule has 2 aromatic rings. The van der Waals surface area contributed by atoms with Crippen molar-refractivity contribution in [3.63, 3.8) is 0 Å². The fraction of sp³-hybridized carbons (Fsp3) is 0.154. The van der Waals surface area contributed by atoms with Gasteiger partial charge in [-0.3, -0.25) is 4.79 Å². The molecule has 0 aliphatic rings. The van der Waals surface area contributed by atoms with Crippen LogP contribution in [0.2, 0.25) is 5.02 Å². The summed E-state index contributed by atoms with van der Waals surface area (Å²) in [4.78, 5) is 12.6. The Morgan fingerprint density at radius 3 is 2.72 bits per heavy atom. The number of hydrogen-bond donors (Lipinski definition) is 0. The molecule has 0 unspecified atom stereocenters. The molecule has 2 rings (SSSR count). The first-order valence-corrected chi connectivity index (χ1v) is 7.24. The van der Waals surface area contributed by atoms with Crippen LogP contribution in [0.1, 0.15) is 20.8 Å². The normalized spacial score (nSPS) is 10.7. The van der Waals surface area contributed by atoms with Crippen LogP contribution in [0.3, 0.4) is 0 Å². The first kappa shape index (κ1) is 13.7. The Bertz CT molecular complexity index is 589. The van der Waals surface area contributed by atoms with Crippen LogP contribution in [0, 0.1) is 12.7 Å². The largest absolute Gasteiger partial charge is 0.293 e. The van der Waals surface area contributed by atoms with E-state index in [1.54, 1.807) is 6.07 Å². The monoisotopic (exact) mass is 346 g/mol. The summed E-state index contributed by atoms with van der Waals surface area (Å²) in [5.74, 6) is -0.448. The molecule has 0 fully saturated rings. The molecule has 0 atom stereocenters. The molecule has 0 amide bonds. The highest BCUT2D eigenvalue weighted by molar-refractivity contribution is 9.10. The number of rotatable bonds is 3. The number of aryl methyl sites for hydroxylation is 1. The summed E-state index contributed by atoms with van der Waals surface area (Å²) < 4.78 is 13.8. The molecule has 0 saturated heterocycles. The lowest BCUT2D eigenvalue weighted by Gasteiger charge is -2.02. The minimum atomic E-state index is -0.361. The lowest BCUT2D eigenvalue weighted by molar-refractivity contribution is 0.0997. The van der Waals surface area contributed by atoms with Crippen molar-refractivity contribution < 1.29 is 9.18 Å². The highest BCUT2D eigenvalue weighted by atomic mass is 79.9. The number of Topliss-reactive ketones (excluding diaryl/α,β-unsaturated/α-hetero) is 1. The predicted molar refractivity (Wildman–Crippen MR) is 76.2 cm³/mol. The molecular formula is C13H9BrClFOS. The van der Waals surface area contributed by atoms with Gasteiger partial charge >= 0.3 is 0 Å². The van der Waals surface area contributed by atoms with Gasteiger partial charge in [0.15, 0.2) is 5.78 Å². The second-order valence-corrected chi connectivity index (χ2v) is 6.11. The minimum absolute atomic E-state index is 0.0874. The summed E-state index contributed by atoms with van der Waals surface area (Å²) in [7, 11) is 0. The Kier molecular flexibility index (Phi) is 4.20. The van der Waals surface area contributed by atoms with Gasteiger partial charge in [0.25, 0.3) is 0 Å². The van der Waals surface area contributed by atoms with Crippen LogP contribution in [0.4, 0.5) is 4.39 Å². The van der Waals surface area contributed by atoms with Crippen molar-refractivity contribution in [2.45, 2.75) is 13.3 Å². The highest BCUT2D eigenvalue weighted by Gasteiger charge is 2.15. The van der Waals surface area contributed by atoms with Gasteiger partial charge < -0.3 is 0 Å². The lowest BCUT2D eigenvalue weighted by atomic mass is 10.1. The van der Waals surface area contributed by atoms with Crippen molar-refractivity contribution in [1.82, 2.24) is 0 Å². The lowest BCUT2D eigenvalue weighted by Crippen LogP contribution is -2.02. The fourth-order valence-corrected chi connectivity index (χ4v) is 3.35. The summed E-state index contributed by atoms with van der Waals surface area (Å²) >= 11 is 10.6. The van der Waals surface area contributed by atoms with E-state index in [1.807, 2.05) is 12.3 Å². The van der Waals surface area contributed by atoms with E-state index in [0.717, 1.165) is 5.56 Å². The van der Waals surface area contributed by atoms with Crippen molar-refractivity contribution >= 4 is 44.7 Å². The summed E-state index contributed by atoms with van der Waals surface area (Å²) in [6.07, 6.45) is 0.149. The molecule has 0 aliphatic heterocycles. The van der Waals surface area contributed by atoms with Crippen molar-refractivity contribution in [3.8, 4) is 0 Å². The molecule has 0 N–H and O–H groups in total. The molecule has 1 heterocycles. The third kappa shape index (κ3) is 2.99. The molecule has 1 nitrogen and oxygen atoms in total. The molecule has 1 aromatic heterocycles. The summed E-state index contributed by atoms with van der Waals surface area (Å²) in [6.45, 7) is 1.86. The summed E-state index contributed by atoms with van der Waals surface area (Å²) in [5.41, 5.74) is 1.53. The molecule has 94 valence electrons. The molecule has 18 heavy (non-hydrogen) atoms. The smallest absolute Gasteiger partial charge is 0.178 e. The van der Waals surface area contributed by atoms with E-state index in [4.69, 9.17) is 11.6 Å². The number of carbonyl (C=O) groups excluding carboxylic acids is 1. The summed E-state index contributed by atoms with van der Waals surface area (Å²) in [6, 6.07) is 4.45. The van der Waals surface area contributed by atoms with Crippen LogP contribution in [0.25, 0.3) is 0 Å². The molecular weight excluding hydrogens is 339 g/mol. The van der Waals surface area contributed by atoms with Gasteiger partial charge in [-0.2, -0.15) is 0 Å². The number of ketones is 1. The van der Waals surface area contributed by atoms with Crippen molar-refractivity contribution in [3.05, 3.63) is 54.9 Å². The average molecular weight is 348 g/mol. The maximum atomic E-state index is 13.2. The number of benzene rings is 1. The molecule has 0 bridgehead atoms. The summed E-state index contributed by atoms with van der Waals surface area (Å²) in [5, 5.41) is 2.34. The van der Waals surface area contributed by atoms with Gasteiger partial charge in [0.1, 0.15) is 5.82 Å². The molecule has 0 aliphatic carbocycles. The van der Waals surface area contributed by atoms with Gasteiger partial charge in [-0.1, -0.05) is 27.5 Å². The van der Waals surface area contributed by atoms with E-state index in [0.29, 0.717) is 19.9 Å². The maximum absolute atomic E-state index is 13.2. The van der Waals surface area contributed by atoms with Gasteiger partial charge in [0.05, 0.1) is 9.90 Å². The van der Waals surface area contributed by atoms with Crippen molar-refractivity contribution in [2.75, 3.05) is 0 Å². The van der Waals surface area contributed by atoms with E-state index in [9.17, 15) is 9.18 Å². The van der Waals surface area contributed by atoms with Crippen LogP contribution in [-0.2, 0) is 6.42 Å². The quantitative estimate of drug-likeness (QED) is 0.711. The second-order valence-electron chi connectivity index (χ2n) is 3.94. The van der Waals surface area contributed by atoms with E-state index >= 15 is 0 Å². The van der Waals surface area contributed by atoms with Gasteiger partial charge in [-0.25, -0.2) is 4.39 Å².